The maximum Gasteiger partial charge on any atom is 0.183 e. The fraction of sp³-hybridized carbons (Fsp3) is 0.222. The largest absolute Gasteiger partial charge is 0.223 e. The topological polar surface area (TPSA) is 34.1 Å². The third-order valence-electron chi connectivity index (χ3n) is 1.64. The second kappa shape index (κ2) is 4.91. The standard InChI is InChI=1S/C9H10O2S3/c1-13-9(12)7-14(10,11)8-5-3-2-4-6-8/h2-6H,7H2,1H3. The summed E-state index contributed by atoms with van der Waals surface area (Å²) in [5.74, 6) is -0.0620. The van der Waals surface area contributed by atoms with E-state index in [0.29, 0.717) is 9.09 Å². The first-order valence-corrected chi connectivity index (χ1v) is 7.19. The Labute approximate surface area is 93.6 Å². The molecule has 0 spiro atoms. The van der Waals surface area contributed by atoms with Gasteiger partial charge >= 0.3 is 0 Å². The van der Waals surface area contributed by atoms with Crippen molar-refractivity contribution in [2.24, 2.45) is 0 Å². The Morgan fingerprint density at radius 3 is 2.43 bits per heavy atom. The number of hydrogen-bond donors (Lipinski definition) is 0. The van der Waals surface area contributed by atoms with Crippen LogP contribution in [-0.2, 0) is 9.84 Å². The smallest absolute Gasteiger partial charge is 0.183 e. The van der Waals surface area contributed by atoms with Crippen molar-refractivity contribution >= 4 is 38.0 Å². The second-order valence-corrected chi connectivity index (χ2v) is 6.29. The minimum Gasteiger partial charge on any atom is -0.223 e. The van der Waals surface area contributed by atoms with Gasteiger partial charge in [0.15, 0.2) is 9.84 Å². The minimum atomic E-state index is -3.23. The number of thioether (sulfide) groups is 1. The van der Waals surface area contributed by atoms with Gasteiger partial charge in [-0.05, 0) is 18.4 Å². The zero-order valence-corrected chi connectivity index (χ0v) is 10.1. The van der Waals surface area contributed by atoms with Gasteiger partial charge in [-0.3, -0.25) is 0 Å². The van der Waals surface area contributed by atoms with Crippen LogP contribution in [0.1, 0.15) is 0 Å². The van der Waals surface area contributed by atoms with Crippen molar-refractivity contribution in [3.63, 3.8) is 0 Å². The van der Waals surface area contributed by atoms with Gasteiger partial charge < -0.3 is 0 Å². The van der Waals surface area contributed by atoms with Gasteiger partial charge in [-0.15, -0.1) is 11.8 Å². The molecule has 0 unspecified atom stereocenters. The highest BCUT2D eigenvalue weighted by molar-refractivity contribution is 8.24. The van der Waals surface area contributed by atoms with Crippen molar-refractivity contribution in [2.45, 2.75) is 4.90 Å². The van der Waals surface area contributed by atoms with Crippen LogP contribution in [0.5, 0.6) is 0 Å². The summed E-state index contributed by atoms with van der Waals surface area (Å²) in [5.41, 5.74) is 0. The van der Waals surface area contributed by atoms with Crippen LogP contribution in [0, 0.1) is 0 Å². The Morgan fingerprint density at radius 2 is 1.93 bits per heavy atom. The highest BCUT2D eigenvalue weighted by atomic mass is 32.2. The van der Waals surface area contributed by atoms with Crippen LogP contribution < -0.4 is 0 Å². The Kier molecular flexibility index (Phi) is 4.10. The Balaban J connectivity index is 2.93. The van der Waals surface area contributed by atoms with Gasteiger partial charge in [0, 0.05) is 0 Å². The molecule has 0 aromatic heterocycles. The lowest BCUT2D eigenvalue weighted by Crippen LogP contribution is -2.11. The first-order chi connectivity index (χ1) is 6.56. The highest BCUT2D eigenvalue weighted by Gasteiger charge is 2.15. The average Bonchev–Trinajstić information content (AvgIpc) is 2.18. The molecule has 14 heavy (non-hydrogen) atoms. The van der Waals surface area contributed by atoms with Crippen molar-refractivity contribution in [3.05, 3.63) is 30.3 Å². The van der Waals surface area contributed by atoms with E-state index in [4.69, 9.17) is 12.2 Å². The summed E-state index contributed by atoms with van der Waals surface area (Å²) in [7, 11) is -3.23. The van der Waals surface area contributed by atoms with Crippen LogP contribution in [0.2, 0.25) is 0 Å². The van der Waals surface area contributed by atoms with Crippen molar-refractivity contribution < 1.29 is 8.42 Å². The van der Waals surface area contributed by atoms with Gasteiger partial charge in [-0.25, -0.2) is 8.42 Å². The normalized spacial score (nSPS) is 11.2. The summed E-state index contributed by atoms with van der Waals surface area (Å²) < 4.78 is 23.9. The molecule has 0 aliphatic rings. The monoisotopic (exact) mass is 246 g/mol. The Hall–Kier alpha value is -0.390. The molecule has 0 saturated carbocycles. The third-order valence-corrected chi connectivity index (χ3v) is 4.91. The van der Waals surface area contributed by atoms with E-state index in [1.807, 2.05) is 0 Å². The molecule has 0 amide bonds. The lowest BCUT2D eigenvalue weighted by molar-refractivity contribution is 0.600. The molecule has 0 fully saturated rings. The maximum absolute atomic E-state index is 11.7. The van der Waals surface area contributed by atoms with E-state index >= 15 is 0 Å². The second-order valence-electron chi connectivity index (χ2n) is 2.65. The maximum atomic E-state index is 11.7. The Bertz CT molecular complexity index is 409. The minimum absolute atomic E-state index is 0.0620. The van der Waals surface area contributed by atoms with Gasteiger partial charge in [0.05, 0.1) is 14.8 Å². The van der Waals surface area contributed by atoms with Gasteiger partial charge in [-0.1, -0.05) is 30.4 Å². The molecule has 0 saturated heterocycles. The fourth-order valence-electron chi connectivity index (χ4n) is 0.925. The summed E-state index contributed by atoms with van der Waals surface area (Å²) in [4.78, 5) is 0.330. The van der Waals surface area contributed by atoms with Crippen molar-refractivity contribution in [3.8, 4) is 0 Å². The molecule has 5 heteroatoms. The van der Waals surface area contributed by atoms with Crippen LogP contribution >= 0.6 is 24.0 Å². The van der Waals surface area contributed by atoms with Crippen LogP contribution in [0.3, 0.4) is 0 Å². The van der Waals surface area contributed by atoms with Crippen LogP contribution in [0.4, 0.5) is 0 Å². The molecular weight excluding hydrogens is 236 g/mol. The number of rotatable bonds is 3. The van der Waals surface area contributed by atoms with E-state index in [-0.39, 0.29) is 5.75 Å². The molecule has 1 aromatic rings. The van der Waals surface area contributed by atoms with Gasteiger partial charge in [-0.2, -0.15) is 0 Å². The predicted molar refractivity (Wildman–Crippen MR) is 64.6 cm³/mol. The van der Waals surface area contributed by atoms with E-state index in [0.717, 1.165) is 0 Å². The molecule has 0 aliphatic heterocycles. The van der Waals surface area contributed by atoms with Gasteiger partial charge in [0.1, 0.15) is 0 Å². The molecule has 1 aromatic carbocycles. The quantitative estimate of drug-likeness (QED) is 0.765. The molecule has 0 radical (unpaired) electrons. The summed E-state index contributed by atoms with van der Waals surface area (Å²) in [6, 6.07) is 8.35. The number of benzene rings is 1. The van der Waals surface area contributed by atoms with Gasteiger partial charge in [0.25, 0.3) is 0 Å². The molecule has 2 nitrogen and oxygen atoms in total. The fourth-order valence-corrected chi connectivity index (χ4v) is 3.38. The van der Waals surface area contributed by atoms with E-state index in [2.05, 4.69) is 0 Å². The molecule has 0 N–H and O–H groups in total. The molecule has 0 bridgehead atoms. The van der Waals surface area contributed by atoms with E-state index in [1.54, 1.807) is 36.6 Å². The average molecular weight is 246 g/mol. The van der Waals surface area contributed by atoms with Crippen molar-refractivity contribution in [2.75, 3.05) is 12.0 Å². The molecule has 0 atom stereocenters. The third kappa shape index (κ3) is 3.08. The highest BCUT2D eigenvalue weighted by Crippen LogP contribution is 2.13. The SMILES string of the molecule is CSC(=S)CS(=O)(=O)c1ccccc1. The van der Waals surface area contributed by atoms with Crippen LogP contribution in [0.25, 0.3) is 0 Å². The lowest BCUT2D eigenvalue weighted by Gasteiger charge is -2.03. The Morgan fingerprint density at radius 1 is 1.36 bits per heavy atom. The number of thiocarbonyl (C=S) groups is 1. The molecule has 0 aliphatic carbocycles. The van der Waals surface area contributed by atoms with E-state index in [9.17, 15) is 8.42 Å². The molecule has 0 heterocycles. The number of sulfone groups is 1. The van der Waals surface area contributed by atoms with Crippen molar-refractivity contribution in [1.29, 1.82) is 0 Å². The van der Waals surface area contributed by atoms with Crippen molar-refractivity contribution in [1.82, 2.24) is 0 Å². The van der Waals surface area contributed by atoms with E-state index in [1.165, 1.54) is 11.8 Å². The summed E-state index contributed by atoms with van der Waals surface area (Å²) >= 11 is 6.19. The zero-order chi connectivity index (χ0) is 10.6. The summed E-state index contributed by atoms with van der Waals surface area (Å²) in [6.07, 6.45) is 1.78. The summed E-state index contributed by atoms with van der Waals surface area (Å²) in [5, 5.41) is 0. The van der Waals surface area contributed by atoms with Crippen LogP contribution in [-0.4, -0.2) is 24.6 Å². The number of hydrogen-bond acceptors (Lipinski definition) is 4. The van der Waals surface area contributed by atoms with E-state index < -0.39 is 9.84 Å². The molecule has 76 valence electrons. The first-order valence-electron chi connectivity index (χ1n) is 3.91. The van der Waals surface area contributed by atoms with Crippen LogP contribution in [0.15, 0.2) is 35.2 Å². The molecular formula is C9H10O2S3. The summed E-state index contributed by atoms with van der Waals surface area (Å²) in [6.45, 7) is 0. The first kappa shape index (κ1) is 11.7. The molecule has 1 rings (SSSR count). The zero-order valence-electron chi connectivity index (χ0n) is 7.64. The predicted octanol–water partition coefficient (Wildman–Crippen LogP) is 2.15. The van der Waals surface area contributed by atoms with Gasteiger partial charge in [0.2, 0.25) is 0 Å². The lowest BCUT2D eigenvalue weighted by atomic mass is 10.4.